The van der Waals surface area contributed by atoms with Crippen LogP contribution in [0.3, 0.4) is 0 Å². The number of carbonyl (C=O) groups excluding carboxylic acids is 1. The number of hydrogen-bond donors (Lipinski definition) is 3. The van der Waals surface area contributed by atoms with E-state index >= 15 is 0 Å². The lowest BCUT2D eigenvalue weighted by Crippen LogP contribution is -2.51. The van der Waals surface area contributed by atoms with E-state index in [4.69, 9.17) is 0 Å². The molecule has 0 aliphatic carbocycles. The maximum atomic E-state index is 13.4. The summed E-state index contributed by atoms with van der Waals surface area (Å²) >= 11 is 0. The normalized spacial score (nSPS) is 23.4. The molecule has 30 heavy (non-hydrogen) atoms. The Morgan fingerprint density at radius 3 is 2.97 bits per heavy atom. The molecule has 0 bridgehead atoms. The maximum Gasteiger partial charge on any atom is 0.403 e. The van der Waals surface area contributed by atoms with Crippen LogP contribution in [0.5, 0.6) is 0 Å². The van der Waals surface area contributed by atoms with Gasteiger partial charge in [-0.15, -0.1) is 0 Å². The highest BCUT2D eigenvalue weighted by Gasteiger charge is 2.44. The average Bonchev–Trinajstić information content (AvgIpc) is 3.33. The minimum absolute atomic E-state index is 0.0950. The molecule has 11 heteroatoms. The van der Waals surface area contributed by atoms with Gasteiger partial charge in [0.2, 0.25) is 5.91 Å². The Kier molecular flexibility index (Phi) is 5.60. The van der Waals surface area contributed by atoms with Crippen molar-refractivity contribution in [3.8, 4) is 0 Å². The summed E-state index contributed by atoms with van der Waals surface area (Å²) in [7, 11) is 0. The number of aromatic nitrogens is 2. The second kappa shape index (κ2) is 8.33. The van der Waals surface area contributed by atoms with Crippen LogP contribution in [0.2, 0.25) is 0 Å². The summed E-state index contributed by atoms with van der Waals surface area (Å²) in [4.78, 5) is 21.5. The van der Waals surface area contributed by atoms with Gasteiger partial charge in [0.1, 0.15) is 11.8 Å². The van der Waals surface area contributed by atoms with E-state index in [-0.39, 0.29) is 18.3 Å². The first-order chi connectivity index (χ1) is 14.4. The van der Waals surface area contributed by atoms with Crippen molar-refractivity contribution in [2.24, 2.45) is 15.9 Å². The summed E-state index contributed by atoms with van der Waals surface area (Å²) in [5, 5.41) is 13.5. The molecule has 160 valence electrons. The van der Waals surface area contributed by atoms with Gasteiger partial charge in [0.05, 0.1) is 11.7 Å². The van der Waals surface area contributed by atoms with Crippen molar-refractivity contribution in [2.75, 3.05) is 25.0 Å². The van der Waals surface area contributed by atoms with Crippen LogP contribution in [-0.2, 0) is 4.79 Å². The summed E-state index contributed by atoms with van der Waals surface area (Å²) in [5.74, 6) is -1.95. The topological polar surface area (TPSA) is 97.8 Å². The third-order valence-corrected chi connectivity index (χ3v) is 5.10. The van der Waals surface area contributed by atoms with Crippen molar-refractivity contribution < 1.29 is 18.0 Å². The van der Waals surface area contributed by atoms with Gasteiger partial charge in [0.15, 0.2) is 6.29 Å². The molecular formula is C19H22F3N7O. The van der Waals surface area contributed by atoms with Crippen LogP contribution in [0.25, 0.3) is 10.9 Å². The van der Waals surface area contributed by atoms with Crippen LogP contribution in [0.15, 0.2) is 34.4 Å². The minimum Gasteiger partial charge on any atom is -0.347 e. The monoisotopic (exact) mass is 421 g/mol. The SMILES string of the molecule is O=C1CCCN1CCCN=C1NC(Nc2ccc3[nH]ncc3c2)N=CC1C(F)(F)F. The standard InChI is InChI=1S/C19H22F3N7O/c20-19(21,22)14-11-24-18(26-13-4-5-15-12(9-13)10-25-28-15)27-17(14)23-6-2-8-29-7-1-3-16(29)30/h4-5,9-11,14,18,26H,1-3,6-8H2,(H,23,27)(H,25,28). The Labute approximate surface area is 170 Å². The van der Waals surface area contributed by atoms with Crippen molar-refractivity contribution in [3.63, 3.8) is 0 Å². The van der Waals surface area contributed by atoms with E-state index < -0.39 is 18.4 Å². The molecule has 2 unspecified atom stereocenters. The van der Waals surface area contributed by atoms with Gasteiger partial charge in [0, 0.05) is 43.3 Å². The van der Waals surface area contributed by atoms with Crippen LogP contribution in [-0.4, -0.2) is 65.2 Å². The number of likely N-dealkylation sites (tertiary alicyclic amines) is 1. The summed E-state index contributed by atoms with van der Waals surface area (Å²) in [6.07, 6.45) is -0.829. The second-order valence-electron chi connectivity index (χ2n) is 7.29. The van der Waals surface area contributed by atoms with Crippen LogP contribution < -0.4 is 10.6 Å². The van der Waals surface area contributed by atoms with E-state index in [1.807, 2.05) is 12.1 Å². The minimum atomic E-state index is -4.49. The molecule has 2 aliphatic heterocycles. The molecule has 0 radical (unpaired) electrons. The number of amidine groups is 1. The van der Waals surface area contributed by atoms with Gasteiger partial charge in [-0.3, -0.25) is 19.9 Å². The predicted molar refractivity (Wildman–Crippen MR) is 107 cm³/mol. The summed E-state index contributed by atoms with van der Waals surface area (Å²) in [5.41, 5.74) is 1.55. The van der Waals surface area contributed by atoms with E-state index in [0.717, 1.165) is 23.5 Å². The largest absolute Gasteiger partial charge is 0.403 e. The Hall–Kier alpha value is -3.11. The number of alkyl halides is 3. The van der Waals surface area contributed by atoms with Crippen molar-refractivity contribution in [1.29, 1.82) is 0 Å². The van der Waals surface area contributed by atoms with Gasteiger partial charge < -0.3 is 15.5 Å². The average molecular weight is 421 g/mol. The Morgan fingerprint density at radius 2 is 2.20 bits per heavy atom. The molecule has 0 spiro atoms. The van der Waals surface area contributed by atoms with Crippen molar-refractivity contribution >= 4 is 34.5 Å². The molecule has 2 atom stereocenters. The van der Waals surface area contributed by atoms with Crippen LogP contribution in [0.4, 0.5) is 18.9 Å². The van der Waals surface area contributed by atoms with Gasteiger partial charge in [0.25, 0.3) is 0 Å². The molecule has 8 nitrogen and oxygen atoms in total. The highest BCUT2D eigenvalue weighted by molar-refractivity contribution is 6.00. The molecule has 3 heterocycles. The van der Waals surface area contributed by atoms with Crippen LogP contribution >= 0.6 is 0 Å². The first kappa shape index (κ1) is 20.2. The third-order valence-electron chi connectivity index (χ3n) is 5.10. The fourth-order valence-electron chi connectivity index (χ4n) is 3.56. The summed E-state index contributed by atoms with van der Waals surface area (Å²) < 4.78 is 40.2. The van der Waals surface area contributed by atoms with Gasteiger partial charge >= 0.3 is 6.18 Å². The van der Waals surface area contributed by atoms with Gasteiger partial charge in [-0.25, -0.2) is 0 Å². The lowest BCUT2D eigenvalue weighted by atomic mass is 10.1. The molecule has 2 aromatic rings. The number of hydrogen-bond acceptors (Lipinski definition) is 5. The van der Waals surface area contributed by atoms with E-state index in [1.165, 1.54) is 0 Å². The lowest BCUT2D eigenvalue weighted by Gasteiger charge is -2.29. The molecule has 3 N–H and O–H groups in total. The molecule has 2 aliphatic rings. The quantitative estimate of drug-likeness (QED) is 0.625. The fraction of sp³-hybridized carbons (Fsp3) is 0.474. The Bertz CT molecular complexity index is 968. The molecule has 1 aromatic heterocycles. The van der Waals surface area contributed by atoms with E-state index in [9.17, 15) is 18.0 Å². The number of nitrogens with one attached hydrogen (secondary N) is 3. The highest BCUT2D eigenvalue weighted by Crippen LogP contribution is 2.28. The Balaban J connectivity index is 1.42. The molecule has 1 amide bonds. The van der Waals surface area contributed by atoms with Crippen molar-refractivity contribution in [3.05, 3.63) is 24.4 Å². The number of anilines is 1. The molecule has 1 saturated heterocycles. The van der Waals surface area contributed by atoms with Gasteiger partial charge in [-0.1, -0.05) is 0 Å². The predicted octanol–water partition coefficient (Wildman–Crippen LogP) is 2.52. The van der Waals surface area contributed by atoms with E-state index in [1.54, 1.807) is 17.2 Å². The first-order valence-electron chi connectivity index (χ1n) is 9.78. The number of benzene rings is 1. The second-order valence-corrected chi connectivity index (χ2v) is 7.29. The summed E-state index contributed by atoms with van der Waals surface area (Å²) in [6.45, 7) is 1.41. The van der Waals surface area contributed by atoms with Crippen LogP contribution in [0, 0.1) is 5.92 Å². The van der Waals surface area contributed by atoms with E-state index in [0.29, 0.717) is 31.6 Å². The number of aromatic amines is 1. The fourth-order valence-corrected chi connectivity index (χ4v) is 3.56. The number of carbonyl (C=O) groups is 1. The smallest absolute Gasteiger partial charge is 0.347 e. The van der Waals surface area contributed by atoms with Gasteiger partial charge in [-0.2, -0.15) is 18.3 Å². The molecule has 1 fully saturated rings. The first-order valence-corrected chi connectivity index (χ1v) is 9.78. The lowest BCUT2D eigenvalue weighted by molar-refractivity contribution is -0.139. The number of rotatable bonds is 6. The molecule has 1 aromatic carbocycles. The molecule has 4 rings (SSSR count). The zero-order chi connectivity index (χ0) is 21.1. The zero-order valence-electron chi connectivity index (χ0n) is 16.1. The third kappa shape index (κ3) is 4.55. The zero-order valence-corrected chi connectivity index (χ0v) is 16.1. The number of amides is 1. The van der Waals surface area contributed by atoms with Crippen LogP contribution in [0.1, 0.15) is 19.3 Å². The van der Waals surface area contributed by atoms with Crippen molar-refractivity contribution in [2.45, 2.75) is 31.7 Å². The number of H-pyrrole nitrogens is 1. The summed E-state index contributed by atoms with van der Waals surface area (Å²) in [6, 6.07) is 5.44. The van der Waals surface area contributed by atoms with E-state index in [2.05, 4.69) is 30.8 Å². The molecule has 0 saturated carbocycles. The van der Waals surface area contributed by atoms with Crippen molar-refractivity contribution in [1.82, 2.24) is 20.4 Å². The molecular weight excluding hydrogens is 399 g/mol. The maximum absolute atomic E-state index is 13.4. The highest BCUT2D eigenvalue weighted by atomic mass is 19.4. The van der Waals surface area contributed by atoms with Gasteiger partial charge in [-0.05, 0) is 31.0 Å². The Morgan fingerprint density at radius 1 is 1.33 bits per heavy atom. The number of fused-ring (bicyclic) bond motifs is 1. The number of halogens is 3. The number of aliphatic imine (C=N–C) groups is 2. The number of nitrogens with zero attached hydrogens (tertiary/aromatic N) is 4.